The normalized spacial score (nSPS) is 17.6. The average molecular weight is 278 g/mol. The quantitative estimate of drug-likeness (QED) is 0.615. The molecule has 2 rings (SSSR count). The number of ether oxygens (including phenoxy) is 1. The van der Waals surface area contributed by atoms with E-state index < -0.39 is 0 Å². The second kappa shape index (κ2) is 5.79. The van der Waals surface area contributed by atoms with Gasteiger partial charge in [-0.25, -0.2) is 0 Å². The molecule has 1 saturated carbocycles. The molecule has 0 aromatic heterocycles. The number of hydrogen-bond acceptors (Lipinski definition) is 4. The molecular weight excluding hydrogens is 256 g/mol. The Bertz CT molecular complexity index is 498. The van der Waals surface area contributed by atoms with Crippen LogP contribution in [0.25, 0.3) is 0 Å². The van der Waals surface area contributed by atoms with E-state index in [1.54, 1.807) is 6.07 Å². The highest BCUT2D eigenvalue weighted by Gasteiger charge is 2.46. The van der Waals surface area contributed by atoms with Crippen LogP contribution in [0, 0.1) is 15.5 Å². The molecule has 110 valence electrons. The fourth-order valence-electron chi connectivity index (χ4n) is 2.82. The lowest BCUT2D eigenvalue weighted by atomic mass is 9.89. The third-order valence-electron chi connectivity index (χ3n) is 4.27. The van der Waals surface area contributed by atoms with Crippen LogP contribution < -0.4 is 10.1 Å². The minimum atomic E-state index is -0.362. The molecule has 0 amide bonds. The number of nitro benzene ring substituents is 1. The van der Waals surface area contributed by atoms with Gasteiger partial charge in [-0.1, -0.05) is 6.92 Å². The van der Waals surface area contributed by atoms with E-state index in [0.29, 0.717) is 11.8 Å². The van der Waals surface area contributed by atoms with E-state index >= 15 is 0 Å². The molecule has 1 fully saturated rings. The maximum absolute atomic E-state index is 11.0. The summed E-state index contributed by atoms with van der Waals surface area (Å²) >= 11 is 0. The molecule has 1 unspecified atom stereocenters. The SMILES string of the molecule is CCNC(C)C1(Cc2cc(OC)cc([N+](=O)[O-])c2)CC1. The summed E-state index contributed by atoms with van der Waals surface area (Å²) in [7, 11) is 1.54. The van der Waals surface area contributed by atoms with Crippen LogP contribution in [0.3, 0.4) is 0 Å². The monoisotopic (exact) mass is 278 g/mol. The number of nitrogens with zero attached hydrogens (tertiary/aromatic N) is 1. The zero-order valence-corrected chi connectivity index (χ0v) is 12.3. The van der Waals surface area contributed by atoms with Gasteiger partial charge in [-0.15, -0.1) is 0 Å². The van der Waals surface area contributed by atoms with Crippen molar-refractivity contribution in [3.63, 3.8) is 0 Å². The van der Waals surface area contributed by atoms with E-state index in [9.17, 15) is 10.1 Å². The molecule has 1 N–H and O–H groups in total. The van der Waals surface area contributed by atoms with E-state index in [1.165, 1.54) is 26.0 Å². The van der Waals surface area contributed by atoms with Crippen molar-refractivity contribution in [1.29, 1.82) is 0 Å². The molecule has 1 aliphatic rings. The molecule has 5 nitrogen and oxygen atoms in total. The lowest BCUT2D eigenvalue weighted by Gasteiger charge is -2.24. The first-order valence-corrected chi connectivity index (χ1v) is 7.06. The first kappa shape index (κ1) is 14.8. The zero-order valence-electron chi connectivity index (χ0n) is 12.3. The van der Waals surface area contributed by atoms with Gasteiger partial charge >= 0.3 is 0 Å². The fourth-order valence-corrected chi connectivity index (χ4v) is 2.82. The molecule has 20 heavy (non-hydrogen) atoms. The number of nitro groups is 1. The maximum Gasteiger partial charge on any atom is 0.273 e. The summed E-state index contributed by atoms with van der Waals surface area (Å²) in [5.74, 6) is 0.557. The van der Waals surface area contributed by atoms with Crippen molar-refractivity contribution in [1.82, 2.24) is 5.32 Å². The summed E-state index contributed by atoms with van der Waals surface area (Å²) in [6.45, 7) is 5.25. The largest absolute Gasteiger partial charge is 0.496 e. The second-order valence-electron chi connectivity index (χ2n) is 5.61. The van der Waals surface area contributed by atoms with Crippen molar-refractivity contribution in [2.45, 2.75) is 39.2 Å². The van der Waals surface area contributed by atoms with Crippen molar-refractivity contribution >= 4 is 5.69 Å². The van der Waals surface area contributed by atoms with Crippen LogP contribution >= 0.6 is 0 Å². The Balaban J connectivity index is 2.20. The van der Waals surface area contributed by atoms with Gasteiger partial charge in [0.05, 0.1) is 18.1 Å². The molecular formula is C15H22N2O3. The minimum absolute atomic E-state index is 0.103. The van der Waals surface area contributed by atoms with Crippen molar-refractivity contribution < 1.29 is 9.66 Å². The Morgan fingerprint density at radius 2 is 2.15 bits per heavy atom. The molecule has 1 atom stereocenters. The first-order valence-electron chi connectivity index (χ1n) is 7.06. The standard InChI is InChI=1S/C15H22N2O3/c1-4-16-11(2)15(5-6-15)10-12-7-13(17(18)19)9-14(8-12)20-3/h7-9,11,16H,4-6,10H2,1-3H3. The number of benzene rings is 1. The summed E-state index contributed by atoms with van der Waals surface area (Å²) in [5.41, 5.74) is 1.33. The number of rotatable bonds is 7. The minimum Gasteiger partial charge on any atom is -0.496 e. The Labute approximate surface area is 119 Å². The highest BCUT2D eigenvalue weighted by Crippen LogP contribution is 2.51. The van der Waals surface area contributed by atoms with Gasteiger partial charge < -0.3 is 10.1 Å². The van der Waals surface area contributed by atoms with Gasteiger partial charge in [-0.05, 0) is 49.8 Å². The van der Waals surface area contributed by atoms with Gasteiger partial charge in [0.25, 0.3) is 5.69 Å². The molecule has 0 spiro atoms. The molecule has 0 aliphatic heterocycles. The molecule has 0 saturated heterocycles. The fraction of sp³-hybridized carbons (Fsp3) is 0.600. The third-order valence-corrected chi connectivity index (χ3v) is 4.27. The molecule has 1 aromatic carbocycles. The van der Waals surface area contributed by atoms with Crippen LogP contribution in [0.4, 0.5) is 5.69 Å². The summed E-state index contributed by atoms with van der Waals surface area (Å²) in [5, 5.41) is 14.4. The molecule has 1 aromatic rings. The van der Waals surface area contributed by atoms with Gasteiger partial charge in [-0.2, -0.15) is 0 Å². The summed E-state index contributed by atoms with van der Waals surface area (Å²) in [6, 6.07) is 5.47. The summed E-state index contributed by atoms with van der Waals surface area (Å²) in [4.78, 5) is 10.6. The third kappa shape index (κ3) is 3.10. The van der Waals surface area contributed by atoms with Gasteiger partial charge in [0.15, 0.2) is 0 Å². The lowest BCUT2D eigenvalue weighted by Crippen LogP contribution is -2.35. The Morgan fingerprint density at radius 3 is 2.65 bits per heavy atom. The van der Waals surface area contributed by atoms with Gasteiger partial charge in [-0.3, -0.25) is 10.1 Å². The molecule has 0 bridgehead atoms. The van der Waals surface area contributed by atoms with E-state index in [0.717, 1.165) is 18.5 Å². The average Bonchev–Trinajstić information content (AvgIpc) is 3.19. The van der Waals surface area contributed by atoms with Crippen LogP contribution in [-0.2, 0) is 6.42 Å². The highest BCUT2D eigenvalue weighted by molar-refractivity contribution is 5.43. The van der Waals surface area contributed by atoms with E-state index in [4.69, 9.17) is 4.74 Å². The van der Waals surface area contributed by atoms with Crippen molar-refractivity contribution in [3.05, 3.63) is 33.9 Å². The molecule has 5 heteroatoms. The van der Waals surface area contributed by atoms with Gasteiger partial charge in [0.2, 0.25) is 0 Å². The lowest BCUT2D eigenvalue weighted by molar-refractivity contribution is -0.385. The number of methoxy groups -OCH3 is 1. The smallest absolute Gasteiger partial charge is 0.273 e. The number of nitrogens with one attached hydrogen (secondary N) is 1. The van der Waals surface area contributed by atoms with E-state index in [2.05, 4.69) is 19.2 Å². The van der Waals surface area contributed by atoms with Gasteiger partial charge in [0.1, 0.15) is 5.75 Å². The van der Waals surface area contributed by atoms with Gasteiger partial charge in [0, 0.05) is 12.1 Å². The second-order valence-corrected chi connectivity index (χ2v) is 5.61. The topological polar surface area (TPSA) is 64.4 Å². The molecule has 0 radical (unpaired) electrons. The van der Waals surface area contributed by atoms with E-state index in [1.807, 2.05) is 6.07 Å². The van der Waals surface area contributed by atoms with Crippen LogP contribution in [0.15, 0.2) is 18.2 Å². The summed E-state index contributed by atoms with van der Waals surface area (Å²) in [6.07, 6.45) is 3.21. The molecule has 0 heterocycles. The van der Waals surface area contributed by atoms with Crippen LogP contribution in [0.5, 0.6) is 5.75 Å². The van der Waals surface area contributed by atoms with E-state index in [-0.39, 0.29) is 16.0 Å². The molecule has 1 aliphatic carbocycles. The highest BCUT2D eigenvalue weighted by atomic mass is 16.6. The first-order chi connectivity index (χ1) is 9.50. The Morgan fingerprint density at radius 1 is 1.45 bits per heavy atom. The van der Waals surface area contributed by atoms with Crippen molar-refractivity contribution in [3.8, 4) is 5.75 Å². The number of hydrogen-bond donors (Lipinski definition) is 1. The van der Waals surface area contributed by atoms with Crippen LogP contribution in [0.1, 0.15) is 32.3 Å². The predicted molar refractivity (Wildman–Crippen MR) is 78.2 cm³/mol. The summed E-state index contributed by atoms with van der Waals surface area (Å²) < 4.78 is 5.17. The van der Waals surface area contributed by atoms with Crippen LogP contribution in [0.2, 0.25) is 0 Å². The Hall–Kier alpha value is -1.62. The Kier molecular flexibility index (Phi) is 4.28. The van der Waals surface area contributed by atoms with Crippen molar-refractivity contribution in [2.24, 2.45) is 5.41 Å². The maximum atomic E-state index is 11.0. The van der Waals surface area contributed by atoms with Crippen LogP contribution in [-0.4, -0.2) is 24.6 Å². The zero-order chi connectivity index (χ0) is 14.8. The number of non-ortho nitro benzene ring substituents is 1. The predicted octanol–water partition coefficient (Wildman–Crippen LogP) is 2.92. The van der Waals surface area contributed by atoms with Crippen molar-refractivity contribution in [2.75, 3.05) is 13.7 Å².